The molecule has 3 aromatic carbocycles. The third-order valence-corrected chi connectivity index (χ3v) is 5.92. The molecule has 0 saturated carbocycles. The fourth-order valence-electron chi connectivity index (χ4n) is 4.09. The summed E-state index contributed by atoms with van der Waals surface area (Å²) in [7, 11) is 3.24. The molecule has 0 unspecified atom stereocenters. The first-order valence-corrected chi connectivity index (χ1v) is 11.9. The van der Waals surface area contributed by atoms with E-state index in [1.807, 2.05) is 61.5 Å². The first kappa shape index (κ1) is 24.2. The summed E-state index contributed by atoms with van der Waals surface area (Å²) in [5.41, 5.74) is 3.64. The topological polar surface area (TPSA) is 56.4 Å². The first-order chi connectivity index (χ1) is 17.1. The van der Waals surface area contributed by atoms with Gasteiger partial charge in [0.25, 0.3) is 0 Å². The number of ether oxygens (including phenoxy) is 3. The quantitative estimate of drug-likeness (QED) is 0.275. The van der Waals surface area contributed by atoms with Crippen molar-refractivity contribution in [2.75, 3.05) is 38.8 Å². The Morgan fingerprint density at radius 2 is 1.54 bits per heavy atom. The van der Waals surface area contributed by atoms with Gasteiger partial charge >= 0.3 is 0 Å². The van der Waals surface area contributed by atoms with Crippen molar-refractivity contribution in [1.29, 1.82) is 0 Å². The van der Waals surface area contributed by atoms with Crippen molar-refractivity contribution >= 4 is 22.3 Å². The van der Waals surface area contributed by atoms with Gasteiger partial charge in [-0.25, -0.2) is 4.99 Å². The molecule has 4 rings (SSSR count). The van der Waals surface area contributed by atoms with Gasteiger partial charge in [-0.05, 0) is 81.4 Å². The number of hydrogen-bond donors (Lipinski definition) is 0. The molecular formula is C29H32N2O4. The van der Waals surface area contributed by atoms with E-state index in [1.54, 1.807) is 14.2 Å². The smallest absolute Gasteiger partial charge is 0.161 e. The van der Waals surface area contributed by atoms with Crippen LogP contribution in [0.2, 0.25) is 0 Å². The Morgan fingerprint density at radius 3 is 2.20 bits per heavy atom. The molecule has 1 aromatic heterocycles. The highest BCUT2D eigenvalue weighted by Crippen LogP contribution is 2.33. The van der Waals surface area contributed by atoms with E-state index in [0.29, 0.717) is 23.9 Å². The zero-order valence-electron chi connectivity index (χ0n) is 21.0. The maximum Gasteiger partial charge on any atom is 0.161 e. The van der Waals surface area contributed by atoms with E-state index in [9.17, 15) is 0 Å². The molecule has 4 aromatic rings. The minimum Gasteiger partial charge on any atom is -0.494 e. The van der Waals surface area contributed by atoms with Gasteiger partial charge in [-0.2, -0.15) is 0 Å². The van der Waals surface area contributed by atoms with E-state index < -0.39 is 0 Å². The lowest BCUT2D eigenvalue weighted by molar-refractivity contribution is 0.340. The van der Waals surface area contributed by atoms with Crippen molar-refractivity contribution in [2.24, 2.45) is 4.99 Å². The van der Waals surface area contributed by atoms with Gasteiger partial charge < -0.3 is 23.5 Å². The van der Waals surface area contributed by atoms with Gasteiger partial charge in [-0.15, -0.1) is 0 Å². The van der Waals surface area contributed by atoms with E-state index in [4.69, 9.17) is 23.6 Å². The Bertz CT molecular complexity index is 1360. The summed E-state index contributed by atoms with van der Waals surface area (Å²) in [5, 5.41) is 1.68. The summed E-state index contributed by atoms with van der Waals surface area (Å²) in [6, 6.07) is 21.8. The molecule has 0 atom stereocenters. The van der Waals surface area contributed by atoms with Crippen LogP contribution in [0.5, 0.6) is 17.2 Å². The second kappa shape index (κ2) is 11.0. The van der Waals surface area contributed by atoms with Crippen LogP contribution in [0.1, 0.15) is 20.8 Å². The van der Waals surface area contributed by atoms with E-state index in [1.165, 1.54) is 5.69 Å². The molecule has 6 nitrogen and oxygen atoms in total. The number of nitrogens with zero attached hydrogens (tertiary/aromatic N) is 2. The maximum absolute atomic E-state index is 6.29. The number of rotatable bonds is 9. The van der Waals surface area contributed by atoms with Crippen molar-refractivity contribution in [2.45, 2.75) is 20.8 Å². The minimum absolute atomic E-state index is 0.589. The highest BCUT2D eigenvalue weighted by molar-refractivity contribution is 5.80. The molecule has 0 fully saturated rings. The van der Waals surface area contributed by atoms with Crippen molar-refractivity contribution in [3.8, 4) is 28.6 Å². The molecule has 0 bridgehead atoms. The number of hydrogen-bond acceptors (Lipinski definition) is 6. The second-order valence-electron chi connectivity index (χ2n) is 7.96. The summed E-state index contributed by atoms with van der Waals surface area (Å²) in [4.78, 5) is 7.30. The summed E-state index contributed by atoms with van der Waals surface area (Å²) < 4.78 is 22.9. The monoisotopic (exact) mass is 472 g/mol. The first-order valence-electron chi connectivity index (χ1n) is 11.9. The average Bonchev–Trinajstić information content (AvgIpc) is 2.90. The summed E-state index contributed by atoms with van der Waals surface area (Å²) >= 11 is 0. The van der Waals surface area contributed by atoms with Gasteiger partial charge in [0.05, 0.1) is 31.9 Å². The molecule has 0 amide bonds. The predicted molar refractivity (Wildman–Crippen MR) is 141 cm³/mol. The third kappa shape index (κ3) is 5.27. The van der Waals surface area contributed by atoms with Crippen LogP contribution in [-0.2, 0) is 0 Å². The maximum atomic E-state index is 6.29. The zero-order chi connectivity index (χ0) is 24.8. The SMILES string of the molecule is CCOc1ccc2oc(-c3ccc(OC)c(OC)c3)cc(=Nc3ccc(N(CC)CC)cc3)c2c1. The van der Waals surface area contributed by atoms with Gasteiger partial charge in [0.1, 0.15) is 17.1 Å². The summed E-state index contributed by atoms with van der Waals surface area (Å²) in [5.74, 6) is 2.76. The van der Waals surface area contributed by atoms with Crippen molar-refractivity contribution < 1.29 is 18.6 Å². The van der Waals surface area contributed by atoms with Gasteiger partial charge in [-0.1, -0.05) is 0 Å². The largest absolute Gasteiger partial charge is 0.494 e. The van der Waals surface area contributed by atoms with E-state index >= 15 is 0 Å². The summed E-state index contributed by atoms with van der Waals surface area (Å²) in [6.07, 6.45) is 0. The predicted octanol–water partition coefficient (Wildman–Crippen LogP) is 6.59. The highest BCUT2D eigenvalue weighted by atomic mass is 16.5. The van der Waals surface area contributed by atoms with E-state index in [-0.39, 0.29) is 0 Å². The lowest BCUT2D eigenvalue weighted by atomic mass is 10.1. The van der Waals surface area contributed by atoms with E-state index in [0.717, 1.165) is 46.4 Å². The standard InChI is InChI=1S/C29H32N2O4/c1-6-31(7-2)22-12-10-21(11-13-22)30-25-19-28(20-9-15-27(32-4)29(17-20)33-5)35-26-16-14-23(34-8-3)18-24(25)26/h9-19H,6-8H2,1-5H3. The normalized spacial score (nSPS) is 11.5. The van der Waals surface area contributed by atoms with Crippen LogP contribution in [-0.4, -0.2) is 33.9 Å². The van der Waals surface area contributed by atoms with Crippen LogP contribution in [0, 0.1) is 0 Å². The third-order valence-electron chi connectivity index (χ3n) is 5.92. The number of benzene rings is 3. The van der Waals surface area contributed by atoms with Crippen molar-refractivity contribution in [3.63, 3.8) is 0 Å². The Labute approximate surface area is 206 Å². The lowest BCUT2D eigenvalue weighted by Crippen LogP contribution is -2.21. The molecule has 0 spiro atoms. The van der Waals surface area contributed by atoms with Crippen LogP contribution >= 0.6 is 0 Å². The minimum atomic E-state index is 0.589. The average molecular weight is 473 g/mol. The zero-order valence-corrected chi connectivity index (χ0v) is 21.0. The number of fused-ring (bicyclic) bond motifs is 1. The Balaban J connectivity index is 1.87. The summed E-state index contributed by atoms with van der Waals surface area (Å²) in [6.45, 7) is 8.81. The molecule has 0 aliphatic carbocycles. The van der Waals surface area contributed by atoms with Crippen molar-refractivity contribution in [1.82, 2.24) is 0 Å². The molecule has 0 radical (unpaired) electrons. The fraction of sp³-hybridized carbons (Fsp3) is 0.276. The van der Waals surface area contributed by atoms with Crippen LogP contribution < -0.4 is 24.5 Å². The molecule has 182 valence electrons. The molecule has 35 heavy (non-hydrogen) atoms. The van der Waals surface area contributed by atoms with Crippen LogP contribution in [0.3, 0.4) is 0 Å². The Morgan fingerprint density at radius 1 is 0.800 bits per heavy atom. The van der Waals surface area contributed by atoms with Crippen LogP contribution in [0.25, 0.3) is 22.3 Å². The second-order valence-corrected chi connectivity index (χ2v) is 7.96. The molecule has 0 saturated heterocycles. The Hall–Kier alpha value is -3.93. The fourth-order valence-corrected chi connectivity index (χ4v) is 4.09. The Kier molecular flexibility index (Phi) is 7.60. The van der Waals surface area contributed by atoms with Gasteiger partial charge in [0, 0.05) is 35.8 Å². The number of methoxy groups -OCH3 is 2. The highest BCUT2D eigenvalue weighted by Gasteiger charge is 2.11. The van der Waals surface area contributed by atoms with Gasteiger partial charge in [-0.3, -0.25) is 0 Å². The van der Waals surface area contributed by atoms with Gasteiger partial charge in [0.15, 0.2) is 11.5 Å². The van der Waals surface area contributed by atoms with Crippen molar-refractivity contribution in [3.05, 3.63) is 72.1 Å². The molecule has 0 aliphatic heterocycles. The van der Waals surface area contributed by atoms with Crippen LogP contribution in [0.4, 0.5) is 11.4 Å². The molecule has 0 aliphatic rings. The molecule has 1 heterocycles. The lowest BCUT2D eigenvalue weighted by Gasteiger charge is -2.20. The molecular weight excluding hydrogens is 440 g/mol. The molecule has 6 heteroatoms. The van der Waals surface area contributed by atoms with Gasteiger partial charge in [0.2, 0.25) is 0 Å². The molecule has 0 N–H and O–H groups in total. The van der Waals surface area contributed by atoms with Crippen LogP contribution in [0.15, 0.2) is 76.1 Å². The van der Waals surface area contributed by atoms with E-state index in [2.05, 4.69) is 30.9 Å². The number of anilines is 1.